The molecule has 40 heavy (non-hydrogen) atoms. The first kappa shape index (κ1) is 28.4. The highest BCUT2D eigenvalue weighted by molar-refractivity contribution is 6.06. The van der Waals surface area contributed by atoms with Crippen LogP contribution in [-0.2, 0) is 22.6 Å². The highest BCUT2D eigenvalue weighted by atomic mass is 16.5. The van der Waals surface area contributed by atoms with Crippen molar-refractivity contribution in [3.05, 3.63) is 82.7 Å². The number of aryl methyl sites for hydroxylation is 2. The van der Waals surface area contributed by atoms with E-state index in [0.29, 0.717) is 57.9 Å². The van der Waals surface area contributed by atoms with Crippen molar-refractivity contribution in [1.29, 1.82) is 0 Å². The first-order chi connectivity index (χ1) is 19.4. The Kier molecular flexibility index (Phi) is 9.16. The predicted octanol–water partition coefficient (Wildman–Crippen LogP) is 6.04. The van der Waals surface area contributed by atoms with Gasteiger partial charge in [0.25, 0.3) is 5.91 Å². The summed E-state index contributed by atoms with van der Waals surface area (Å²) in [6.07, 6.45) is 3.53. The monoisotopic (exact) mass is 543 g/mol. The average molecular weight is 544 g/mol. The van der Waals surface area contributed by atoms with Crippen LogP contribution in [0, 0.1) is 6.92 Å². The normalized spacial score (nSPS) is 11.4. The van der Waals surface area contributed by atoms with Gasteiger partial charge in [-0.25, -0.2) is 4.99 Å². The van der Waals surface area contributed by atoms with Crippen molar-refractivity contribution < 1.29 is 28.2 Å². The first-order valence-corrected chi connectivity index (χ1v) is 13.1. The van der Waals surface area contributed by atoms with E-state index in [1.807, 2.05) is 31.2 Å². The molecule has 4 rings (SSSR count). The third-order valence-electron chi connectivity index (χ3n) is 6.37. The summed E-state index contributed by atoms with van der Waals surface area (Å²) >= 11 is 0. The SMILES string of the molecule is CCCC(=O)OCc1cnc(C)c2oc(=Nc3ccc(CC)cc3)c(C(=O)Nc3ccc(OC)cc3OC)cc12. The standard InChI is InChI=1S/C31H33N3O6/c1-6-8-28(35)39-18-21-17-32-19(3)29-24(21)16-25(31(40-29)33-22-11-9-20(7-2)10-12-22)30(36)34-26-14-13-23(37-4)15-27(26)38-5/h9-17H,6-8,18H2,1-5H3,(H,34,36). The van der Waals surface area contributed by atoms with Crippen molar-refractivity contribution in [3.63, 3.8) is 0 Å². The summed E-state index contributed by atoms with van der Waals surface area (Å²) < 4.78 is 22.4. The minimum absolute atomic E-state index is 0.000461. The summed E-state index contributed by atoms with van der Waals surface area (Å²) in [5.74, 6) is 0.260. The van der Waals surface area contributed by atoms with Crippen LogP contribution < -0.4 is 20.3 Å². The number of benzene rings is 2. The van der Waals surface area contributed by atoms with Gasteiger partial charge in [-0.1, -0.05) is 26.0 Å². The van der Waals surface area contributed by atoms with Crippen LogP contribution in [0.3, 0.4) is 0 Å². The fourth-order valence-corrected chi connectivity index (χ4v) is 4.10. The minimum Gasteiger partial charge on any atom is -0.497 e. The minimum atomic E-state index is -0.457. The molecule has 2 heterocycles. The van der Waals surface area contributed by atoms with Crippen molar-refractivity contribution in [2.24, 2.45) is 4.99 Å². The van der Waals surface area contributed by atoms with Gasteiger partial charge in [-0.05, 0) is 55.7 Å². The Hall–Kier alpha value is -4.66. The lowest BCUT2D eigenvalue weighted by Crippen LogP contribution is -2.22. The molecule has 0 spiro atoms. The van der Waals surface area contributed by atoms with Crippen LogP contribution in [-0.4, -0.2) is 31.1 Å². The van der Waals surface area contributed by atoms with E-state index in [-0.39, 0.29) is 23.7 Å². The Balaban J connectivity index is 1.85. The number of carbonyl (C=O) groups is 2. The molecule has 2 aromatic carbocycles. The van der Waals surface area contributed by atoms with E-state index in [0.717, 1.165) is 6.42 Å². The Morgan fingerprint density at radius 1 is 1.02 bits per heavy atom. The van der Waals surface area contributed by atoms with Gasteiger partial charge < -0.3 is 23.9 Å². The number of nitrogens with one attached hydrogen (secondary N) is 1. The van der Waals surface area contributed by atoms with E-state index >= 15 is 0 Å². The molecular weight excluding hydrogens is 510 g/mol. The smallest absolute Gasteiger partial charge is 0.306 e. The lowest BCUT2D eigenvalue weighted by Gasteiger charge is -2.13. The molecule has 0 aliphatic carbocycles. The number of hydrogen-bond donors (Lipinski definition) is 1. The molecule has 1 N–H and O–H groups in total. The van der Waals surface area contributed by atoms with Gasteiger partial charge in [0.1, 0.15) is 23.7 Å². The van der Waals surface area contributed by atoms with E-state index < -0.39 is 5.91 Å². The number of aromatic nitrogens is 1. The van der Waals surface area contributed by atoms with Gasteiger partial charge in [-0.2, -0.15) is 0 Å². The molecule has 0 fully saturated rings. The predicted molar refractivity (Wildman–Crippen MR) is 152 cm³/mol. The molecule has 0 bridgehead atoms. The number of rotatable bonds is 10. The summed E-state index contributed by atoms with van der Waals surface area (Å²) in [5.41, 5.74) is 4.23. The Labute approximate surface area is 232 Å². The second kappa shape index (κ2) is 12.9. The van der Waals surface area contributed by atoms with Gasteiger partial charge in [0.05, 0.1) is 31.3 Å². The molecule has 4 aromatic rings. The zero-order valence-corrected chi connectivity index (χ0v) is 23.4. The third-order valence-corrected chi connectivity index (χ3v) is 6.37. The van der Waals surface area contributed by atoms with Crippen LogP contribution in [0.4, 0.5) is 11.4 Å². The van der Waals surface area contributed by atoms with E-state index in [2.05, 4.69) is 22.2 Å². The van der Waals surface area contributed by atoms with Crippen LogP contribution in [0.1, 0.15) is 53.9 Å². The van der Waals surface area contributed by atoms with Crippen LogP contribution in [0.5, 0.6) is 11.5 Å². The number of anilines is 1. The quantitative estimate of drug-likeness (QED) is 0.243. The van der Waals surface area contributed by atoms with Crippen LogP contribution >= 0.6 is 0 Å². The lowest BCUT2D eigenvalue weighted by molar-refractivity contribution is -0.144. The molecular formula is C31H33N3O6. The number of methoxy groups -OCH3 is 2. The lowest BCUT2D eigenvalue weighted by atomic mass is 10.1. The maximum Gasteiger partial charge on any atom is 0.306 e. The molecule has 2 aromatic heterocycles. The average Bonchev–Trinajstić information content (AvgIpc) is 2.97. The van der Waals surface area contributed by atoms with Gasteiger partial charge in [0, 0.05) is 29.6 Å². The fraction of sp³-hybridized carbons (Fsp3) is 0.290. The molecule has 0 aliphatic heterocycles. The van der Waals surface area contributed by atoms with Gasteiger partial charge in [-0.3, -0.25) is 14.6 Å². The Bertz CT molecular complexity index is 1590. The molecule has 0 aliphatic rings. The largest absolute Gasteiger partial charge is 0.497 e. The molecule has 9 nitrogen and oxygen atoms in total. The molecule has 0 atom stereocenters. The number of fused-ring (bicyclic) bond motifs is 1. The Morgan fingerprint density at radius 2 is 1.80 bits per heavy atom. The number of ether oxygens (including phenoxy) is 3. The van der Waals surface area contributed by atoms with E-state index in [9.17, 15) is 9.59 Å². The molecule has 0 radical (unpaired) electrons. The van der Waals surface area contributed by atoms with Crippen molar-refractivity contribution >= 4 is 34.2 Å². The molecule has 1 amide bonds. The van der Waals surface area contributed by atoms with E-state index in [1.54, 1.807) is 44.5 Å². The zero-order chi connectivity index (χ0) is 28.6. The molecule has 9 heteroatoms. The topological polar surface area (TPSA) is 112 Å². The molecule has 0 saturated heterocycles. The molecule has 208 valence electrons. The van der Waals surface area contributed by atoms with Gasteiger partial charge >= 0.3 is 5.97 Å². The van der Waals surface area contributed by atoms with Crippen molar-refractivity contribution in [1.82, 2.24) is 4.98 Å². The van der Waals surface area contributed by atoms with Gasteiger partial charge in [0.15, 0.2) is 5.58 Å². The van der Waals surface area contributed by atoms with Crippen LogP contribution in [0.2, 0.25) is 0 Å². The number of nitrogens with zero attached hydrogens (tertiary/aromatic N) is 2. The molecule has 0 saturated carbocycles. The zero-order valence-electron chi connectivity index (χ0n) is 23.4. The summed E-state index contributed by atoms with van der Waals surface area (Å²) in [7, 11) is 3.07. The second-order valence-electron chi connectivity index (χ2n) is 9.14. The number of hydrogen-bond acceptors (Lipinski definition) is 8. The number of amides is 1. The summed E-state index contributed by atoms with van der Waals surface area (Å²) in [6, 6.07) is 14.5. The first-order valence-electron chi connectivity index (χ1n) is 13.1. The number of esters is 1. The van der Waals surface area contributed by atoms with Crippen molar-refractivity contribution in [3.8, 4) is 11.5 Å². The summed E-state index contributed by atoms with van der Waals surface area (Å²) in [6.45, 7) is 5.79. The van der Waals surface area contributed by atoms with Crippen LogP contribution in [0.25, 0.3) is 11.0 Å². The van der Waals surface area contributed by atoms with Crippen molar-refractivity contribution in [2.45, 2.75) is 46.6 Å². The highest BCUT2D eigenvalue weighted by Crippen LogP contribution is 2.30. The van der Waals surface area contributed by atoms with E-state index in [4.69, 9.17) is 18.6 Å². The highest BCUT2D eigenvalue weighted by Gasteiger charge is 2.19. The van der Waals surface area contributed by atoms with Gasteiger partial charge in [0.2, 0.25) is 5.55 Å². The van der Waals surface area contributed by atoms with Gasteiger partial charge in [-0.15, -0.1) is 0 Å². The third kappa shape index (κ3) is 6.48. The fourth-order valence-electron chi connectivity index (χ4n) is 4.10. The second-order valence-corrected chi connectivity index (χ2v) is 9.14. The molecule has 0 unspecified atom stereocenters. The number of carbonyl (C=O) groups excluding carboxylic acids is 2. The van der Waals surface area contributed by atoms with Crippen molar-refractivity contribution in [2.75, 3.05) is 19.5 Å². The maximum absolute atomic E-state index is 13.7. The number of pyridine rings is 1. The Morgan fingerprint density at radius 3 is 2.48 bits per heavy atom. The summed E-state index contributed by atoms with van der Waals surface area (Å²) in [4.78, 5) is 34.9. The maximum atomic E-state index is 13.7. The van der Waals surface area contributed by atoms with E-state index in [1.165, 1.54) is 12.7 Å². The van der Waals surface area contributed by atoms with Crippen LogP contribution in [0.15, 0.2) is 64.1 Å². The summed E-state index contributed by atoms with van der Waals surface area (Å²) in [5, 5.41) is 3.50.